The van der Waals surface area contributed by atoms with E-state index in [0.717, 1.165) is 34.9 Å². The van der Waals surface area contributed by atoms with Crippen molar-refractivity contribution in [3.8, 4) is 0 Å². The van der Waals surface area contributed by atoms with Crippen molar-refractivity contribution in [3.05, 3.63) is 81.2 Å². The number of rotatable bonds is 4. The van der Waals surface area contributed by atoms with Crippen molar-refractivity contribution in [2.24, 2.45) is 11.3 Å². The van der Waals surface area contributed by atoms with Crippen molar-refractivity contribution >= 4 is 33.8 Å². The first-order chi connectivity index (χ1) is 16.9. The van der Waals surface area contributed by atoms with Crippen LogP contribution in [0.5, 0.6) is 0 Å². The number of amides is 2. The predicted octanol–water partition coefficient (Wildman–Crippen LogP) is 7.73. The third-order valence-electron chi connectivity index (χ3n) is 6.81. The van der Waals surface area contributed by atoms with Gasteiger partial charge in [0.2, 0.25) is 0 Å². The Morgan fingerprint density at radius 1 is 0.944 bits per heavy atom. The molecule has 8 heteroatoms. The molecule has 0 spiro atoms. The Morgan fingerprint density at radius 3 is 2.28 bits per heavy atom. The molecular formula is C28H29F3N2O2S. The van der Waals surface area contributed by atoms with Gasteiger partial charge in [-0.1, -0.05) is 51.1 Å². The summed E-state index contributed by atoms with van der Waals surface area (Å²) >= 11 is 1.34. The number of hydrogen-bond acceptors (Lipinski definition) is 3. The molecule has 2 N–H and O–H groups in total. The number of fused-ring (bicyclic) bond motifs is 1. The van der Waals surface area contributed by atoms with E-state index in [1.165, 1.54) is 29.5 Å². The fourth-order valence-electron chi connectivity index (χ4n) is 4.68. The van der Waals surface area contributed by atoms with E-state index in [2.05, 4.69) is 31.4 Å². The normalized spacial score (nSPS) is 15.8. The van der Waals surface area contributed by atoms with Crippen LogP contribution in [0.1, 0.15) is 69.5 Å². The second-order valence-corrected chi connectivity index (χ2v) is 11.4. The number of carbonyl (C=O) groups is 2. The maximum atomic E-state index is 13.5. The quantitative estimate of drug-likeness (QED) is 0.374. The summed E-state index contributed by atoms with van der Waals surface area (Å²) in [7, 11) is 0. The molecule has 0 bridgehead atoms. The van der Waals surface area contributed by atoms with Crippen molar-refractivity contribution in [1.29, 1.82) is 0 Å². The molecule has 0 radical (unpaired) electrons. The van der Waals surface area contributed by atoms with Crippen LogP contribution in [0.3, 0.4) is 0 Å². The van der Waals surface area contributed by atoms with E-state index in [1.807, 2.05) is 19.1 Å². The highest BCUT2D eigenvalue weighted by molar-refractivity contribution is 7.17. The number of benzene rings is 2. The lowest BCUT2D eigenvalue weighted by Crippen LogP contribution is -2.27. The van der Waals surface area contributed by atoms with Crippen molar-refractivity contribution in [2.45, 2.75) is 53.1 Å². The molecule has 1 heterocycles. The average molecular weight is 515 g/mol. The molecule has 0 saturated carbocycles. The Balaban J connectivity index is 1.73. The van der Waals surface area contributed by atoms with E-state index < -0.39 is 17.6 Å². The first-order valence-corrected chi connectivity index (χ1v) is 12.7. The molecule has 0 fully saturated rings. The second kappa shape index (κ2) is 9.73. The summed E-state index contributed by atoms with van der Waals surface area (Å²) in [6, 6.07) is 12.0. The van der Waals surface area contributed by atoms with E-state index in [4.69, 9.17) is 0 Å². The minimum Gasteiger partial charge on any atom is -0.321 e. The Bertz CT molecular complexity index is 1300. The van der Waals surface area contributed by atoms with Crippen LogP contribution in [-0.2, 0) is 19.0 Å². The number of para-hydroxylation sites is 1. The molecule has 2 aromatic carbocycles. The molecule has 36 heavy (non-hydrogen) atoms. The number of halogens is 3. The number of aryl methyl sites for hydroxylation is 1. The standard InChI is InChI=1S/C28H29F3N2O2S/c1-16-9-5-6-10-18(16)24(34)33-26-23(19-14-13-17(27(2,3)4)15-22(19)36-26)25(35)32-21-12-8-7-11-20(21)28(29,30)31/h5-12,17H,13-15H2,1-4H3,(H,32,35)(H,33,34). The SMILES string of the molecule is Cc1ccccc1C(=O)Nc1sc2c(c1C(=O)Nc1ccccc1C(F)(F)F)CCC(C(C)(C)C)C2. The minimum atomic E-state index is -4.61. The molecule has 190 valence electrons. The van der Waals surface area contributed by atoms with Gasteiger partial charge in [-0.2, -0.15) is 13.2 Å². The lowest BCUT2D eigenvalue weighted by Gasteiger charge is -2.33. The van der Waals surface area contributed by atoms with Gasteiger partial charge >= 0.3 is 6.18 Å². The van der Waals surface area contributed by atoms with Gasteiger partial charge in [-0.25, -0.2) is 0 Å². The third-order valence-corrected chi connectivity index (χ3v) is 7.98. The number of nitrogens with one attached hydrogen (secondary N) is 2. The summed E-state index contributed by atoms with van der Waals surface area (Å²) in [4.78, 5) is 27.6. The Labute approximate surface area is 212 Å². The molecule has 4 nitrogen and oxygen atoms in total. The highest BCUT2D eigenvalue weighted by atomic mass is 32.1. The molecular weight excluding hydrogens is 485 g/mol. The van der Waals surface area contributed by atoms with Crippen molar-refractivity contribution in [2.75, 3.05) is 10.6 Å². The first kappa shape index (κ1) is 25.9. The van der Waals surface area contributed by atoms with E-state index >= 15 is 0 Å². The van der Waals surface area contributed by atoms with E-state index in [1.54, 1.807) is 12.1 Å². The van der Waals surface area contributed by atoms with Gasteiger partial charge in [0.15, 0.2) is 0 Å². The van der Waals surface area contributed by atoms with E-state index in [0.29, 0.717) is 22.9 Å². The van der Waals surface area contributed by atoms with Gasteiger partial charge in [-0.15, -0.1) is 11.3 Å². The summed E-state index contributed by atoms with van der Waals surface area (Å²) in [6.07, 6.45) is -2.38. The second-order valence-electron chi connectivity index (χ2n) is 10.3. The highest BCUT2D eigenvalue weighted by Gasteiger charge is 2.36. The molecule has 1 unspecified atom stereocenters. The topological polar surface area (TPSA) is 58.2 Å². The summed E-state index contributed by atoms with van der Waals surface area (Å²) in [5.74, 6) is -0.618. The van der Waals surface area contributed by atoms with Crippen molar-refractivity contribution < 1.29 is 22.8 Å². The lowest BCUT2D eigenvalue weighted by molar-refractivity contribution is -0.136. The number of hydrogen-bond donors (Lipinski definition) is 2. The van der Waals surface area contributed by atoms with Gasteiger partial charge in [-0.3, -0.25) is 9.59 Å². The smallest absolute Gasteiger partial charge is 0.321 e. The zero-order chi connectivity index (χ0) is 26.3. The number of alkyl halides is 3. The van der Waals surface area contributed by atoms with Crippen LogP contribution < -0.4 is 10.6 Å². The van der Waals surface area contributed by atoms with Crippen LogP contribution in [0, 0.1) is 18.3 Å². The minimum absolute atomic E-state index is 0.0698. The summed E-state index contributed by atoms with van der Waals surface area (Å²) in [5.41, 5.74) is 1.17. The van der Waals surface area contributed by atoms with E-state index in [9.17, 15) is 22.8 Å². The first-order valence-electron chi connectivity index (χ1n) is 11.9. The summed E-state index contributed by atoms with van der Waals surface area (Å²) < 4.78 is 40.6. The third kappa shape index (κ3) is 5.33. The van der Waals surface area contributed by atoms with E-state index in [-0.39, 0.29) is 22.6 Å². The fourth-order valence-corrected chi connectivity index (χ4v) is 6.00. The number of thiophene rings is 1. The maximum Gasteiger partial charge on any atom is 0.418 e. The molecule has 3 aromatic rings. The highest BCUT2D eigenvalue weighted by Crippen LogP contribution is 2.45. The molecule has 1 aliphatic carbocycles. The van der Waals surface area contributed by atoms with Gasteiger partial charge < -0.3 is 10.6 Å². The average Bonchev–Trinajstić information content (AvgIpc) is 3.15. The molecule has 1 aliphatic rings. The largest absolute Gasteiger partial charge is 0.418 e. The lowest BCUT2D eigenvalue weighted by atomic mass is 9.72. The molecule has 1 aromatic heterocycles. The molecule has 0 aliphatic heterocycles. The van der Waals surface area contributed by atoms with Crippen LogP contribution in [0.2, 0.25) is 0 Å². The van der Waals surface area contributed by atoms with Gasteiger partial charge in [0.05, 0.1) is 16.8 Å². The molecule has 0 saturated heterocycles. The molecule has 4 rings (SSSR count). The summed E-state index contributed by atoms with van der Waals surface area (Å²) in [6.45, 7) is 8.36. The summed E-state index contributed by atoms with van der Waals surface area (Å²) in [5, 5.41) is 5.72. The van der Waals surface area contributed by atoms with Crippen LogP contribution in [0.4, 0.5) is 23.9 Å². The maximum absolute atomic E-state index is 13.5. The Hall–Kier alpha value is -3.13. The monoisotopic (exact) mass is 514 g/mol. The van der Waals surface area contributed by atoms with Crippen LogP contribution in [0.25, 0.3) is 0 Å². The van der Waals surface area contributed by atoms with Crippen LogP contribution >= 0.6 is 11.3 Å². The number of carbonyl (C=O) groups excluding carboxylic acids is 2. The van der Waals surface area contributed by atoms with Gasteiger partial charge in [-0.05, 0) is 66.8 Å². The molecule has 2 amide bonds. The van der Waals surface area contributed by atoms with Crippen molar-refractivity contribution in [1.82, 2.24) is 0 Å². The van der Waals surface area contributed by atoms with Crippen molar-refractivity contribution in [3.63, 3.8) is 0 Å². The fraction of sp³-hybridized carbons (Fsp3) is 0.357. The zero-order valence-corrected chi connectivity index (χ0v) is 21.5. The van der Waals surface area contributed by atoms with Crippen LogP contribution in [-0.4, -0.2) is 11.8 Å². The molecule has 1 atom stereocenters. The number of anilines is 2. The van der Waals surface area contributed by atoms with Gasteiger partial charge in [0.25, 0.3) is 11.8 Å². The zero-order valence-electron chi connectivity index (χ0n) is 20.7. The van der Waals surface area contributed by atoms with Crippen LogP contribution in [0.15, 0.2) is 48.5 Å². The Kier molecular flexibility index (Phi) is 7.01. The Morgan fingerprint density at radius 2 is 1.61 bits per heavy atom. The van der Waals surface area contributed by atoms with Gasteiger partial charge in [0, 0.05) is 10.4 Å². The predicted molar refractivity (Wildman–Crippen MR) is 138 cm³/mol. The van der Waals surface area contributed by atoms with Gasteiger partial charge in [0.1, 0.15) is 5.00 Å².